The second kappa shape index (κ2) is 31.4. The van der Waals surface area contributed by atoms with E-state index in [1.54, 1.807) is 6.08 Å². The summed E-state index contributed by atoms with van der Waals surface area (Å²) in [5.41, 5.74) is 4.42. The van der Waals surface area contributed by atoms with Gasteiger partial charge in [-0.05, 0) is 44.9 Å². The third-order valence-corrected chi connectivity index (χ3v) is 5.41. The standard InChI is InChI=1S/C24H31N3O.C5H12.C4H10.2C2H6/c1-8-12-20(17-22(28)9-2)23(10-3)27(7)24(25-11-4)19(6)26-21-15-13-18(5)14-16-21;1-4-5(2)3;1-3-4-2;2*1-2/h8,10-17,26H,4,6,9H2,1-3,5,7H3;5H,4H2,1-3H3;3-4H2,1-2H3;2*1-2H3/b12-8-,20-17+,23-10-,25-24?;;;;. The molecular weight excluding hydrogens is 502 g/mol. The molecule has 0 aliphatic heterocycles. The Morgan fingerprint density at radius 1 is 1.00 bits per heavy atom. The van der Waals surface area contributed by atoms with Crippen LogP contribution in [0.1, 0.15) is 114 Å². The molecule has 1 aromatic carbocycles. The quantitative estimate of drug-likeness (QED) is 0.125. The van der Waals surface area contributed by atoms with Crippen molar-refractivity contribution in [1.29, 1.82) is 0 Å². The van der Waals surface area contributed by atoms with Gasteiger partial charge in [0.15, 0.2) is 11.6 Å². The number of aliphatic imine (C=N–C) groups is 1. The van der Waals surface area contributed by atoms with E-state index < -0.39 is 0 Å². The lowest BCUT2D eigenvalue weighted by molar-refractivity contribution is -0.114. The van der Waals surface area contributed by atoms with E-state index in [1.165, 1.54) is 31.0 Å². The van der Waals surface area contributed by atoms with Crippen LogP contribution in [0.5, 0.6) is 0 Å². The highest BCUT2D eigenvalue weighted by atomic mass is 16.1. The van der Waals surface area contributed by atoms with E-state index in [9.17, 15) is 4.79 Å². The first-order valence-electron chi connectivity index (χ1n) is 15.6. The molecule has 234 valence electrons. The summed E-state index contributed by atoms with van der Waals surface area (Å²) >= 11 is 0. The van der Waals surface area contributed by atoms with Crippen LogP contribution in [0.25, 0.3) is 0 Å². The Balaban J connectivity index is -0.000000444. The zero-order valence-electron chi connectivity index (χ0n) is 29.3. The molecule has 0 aliphatic rings. The Labute approximate surface area is 256 Å². The lowest BCUT2D eigenvalue weighted by atomic mass is 10.1. The number of hydrogen-bond acceptors (Lipinski definition) is 3. The van der Waals surface area contributed by atoms with E-state index in [2.05, 4.69) is 58.1 Å². The highest BCUT2D eigenvalue weighted by molar-refractivity contribution is 6.02. The number of carbonyl (C=O) groups is 1. The van der Waals surface area contributed by atoms with Gasteiger partial charge in [0.1, 0.15) is 0 Å². The molecule has 0 spiro atoms. The summed E-state index contributed by atoms with van der Waals surface area (Å²) in [4.78, 5) is 18.3. The van der Waals surface area contributed by atoms with E-state index in [0.717, 1.165) is 22.9 Å². The third kappa shape index (κ3) is 23.3. The van der Waals surface area contributed by atoms with Crippen molar-refractivity contribution in [2.45, 2.75) is 116 Å². The number of aryl methyl sites for hydroxylation is 1. The summed E-state index contributed by atoms with van der Waals surface area (Å²) < 4.78 is 0. The number of carbonyl (C=O) groups excluding carboxylic acids is 1. The number of nitrogens with one attached hydrogen (secondary N) is 1. The van der Waals surface area contributed by atoms with Crippen molar-refractivity contribution in [2.75, 3.05) is 12.4 Å². The third-order valence-electron chi connectivity index (χ3n) is 5.41. The Bertz CT molecular complexity index is 914. The Hall–Kier alpha value is -3.14. The SMILES string of the molecule is C=CN=C(C(=C)Nc1ccc(C)cc1)N(C)C(=C\C)/C(/C=C\C)=C/C(=O)CC.CC.CC.CCC(C)C.CCCC. The number of benzene rings is 1. The number of unbranched alkanes of at least 4 members (excludes halogenated alkanes) is 1. The molecule has 0 amide bonds. The molecular formula is C37H65N3O. The largest absolute Gasteiger partial charge is 0.353 e. The molecule has 1 N–H and O–H groups in total. The molecule has 0 bridgehead atoms. The average Bonchev–Trinajstić information content (AvgIpc) is 2.99. The number of likely N-dealkylation sites (N-methyl/N-ethyl adjacent to an activating group) is 1. The van der Waals surface area contributed by atoms with Gasteiger partial charge < -0.3 is 10.2 Å². The van der Waals surface area contributed by atoms with E-state index in [-0.39, 0.29) is 5.78 Å². The van der Waals surface area contributed by atoms with Crippen molar-refractivity contribution in [2.24, 2.45) is 10.9 Å². The van der Waals surface area contributed by atoms with Crippen molar-refractivity contribution in [3.63, 3.8) is 0 Å². The second-order valence-corrected chi connectivity index (χ2v) is 9.06. The maximum absolute atomic E-state index is 12.0. The fourth-order valence-electron chi connectivity index (χ4n) is 2.65. The molecule has 0 aromatic heterocycles. The van der Waals surface area contributed by atoms with Crippen LogP contribution in [-0.4, -0.2) is 23.6 Å². The summed E-state index contributed by atoms with van der Waals surface area (Å²) in [6.45, 7) is 34.6. The van der Waals surface area contributed by atoms with Crippen molar-refractivity contribution < 1.29 is 4.79 Å². The Morgan fingerprint density at radius 2 is 1.49 bits per heavy atom. The number of nitrogens with zero attached hydrogens (tertiary/aromatic N) is 2. The smallest absolute Gasteiger partial charge is 0.156 e. The number of amidine groups is 1. The number of rotatable bonds is 11. The Kier molecular flexibility index (Phi) is 34.3. The first-order valence-corrected chi connectivity index (χ1v) is 15.6. The normalized spacial score (nSPS) is 11.0. The summed E-state index contributed by atoms with van der Waals surface area (Å²) in [5.74, 6) is 1.57. The minimum atomic E-state index is 0.0691. The first kappa shape index (κ1) is 44.9. The van der Waals surface area contributed by atoms with Gasteiger partial charge in [0.2, 0.25) is 0 Å². The molecule has 41 heavy (non-hydrogen) atoms. The number of hydrogen-bond donors (Lipinski definition) is 1. The summed E-state index contributed by atoms with van der Waals surface area (Å²) in [6.07, 6.45) is 13.3. The number of allylic oxidation sites excluding steroid dienone is 4. The van der Waals surface area contributed by atoms with Crippen LogP contribution in [0.2, 0.25) is 0 Å². The van der Waals surface area contributed by atoms with Gasteiger partial charge >= 0.3 is 0 Å². The first-order chi connectivity index (χ1) is 19.6. The maximum Gasteiger partial charge on any atom is 0.156 e. The molecule has 4 heteroatoms. The molecule has 0 unspecified atom stereocenters. The van der Waals surface area contributed by atoms with Gasteiger partial charge in [0.25, 0.3) is 0 Å². The molecule has 1 rings (SSSR count). The van der Waals surface area contributed by atoms with Crippen molar-refractivity contribution in [3.8, 4) is 0 Å². The van der Waals surface area contributed by atoms with E-state index in [4.69, 9.17) is 0 Å². The minimum Gasteiger partial charge on any atom is -0.353 e. The molecule has 0 fully saturated rings. The van der Waals surface area contributed by atoms with Crippen LogP contribution in [0.3, 0.4) is 0 Å². The zero-order valence-corrected chi connectivity index (χ0v) is 29.3. The van der Waals surface area contributed by atoms with Crippen molar-refractivity contribution >= 4 is 17.3 Å². The molecule has 0 radical (unpaired) electrons. The highest BCUT2D eigenvalue weighted by Crippen LogP contribution is 2.20. The zero-order chi connectivity index (χ0) is 32.8. The second-order valence-electron chi connectivity index (χ2n) is 9.06. The lowest BCUT2D eigenvalue weighted by Gasteiger charge is -2.26. The summed E-state index contributed by atoms with van der Waals surface area (Å²) in [6, 6.07) is 8.05. The van der Waals surface area contributed by atoms with E-state index >= 15 is 0 Å². The van der Waals surface area contributed by atoms with Crippen LogP contribution in [0, 0.1) is 12.8 Å². The molecule has 0 heterocycles. The van der Waals surface area contributed by atoms with E-state index in [0.29, 0.717) is 18.0 Å². The maximum atomic E-state index is 12.0. The fraction of sp³-hybridized carbons (Fsp3) is 0.514. The van der Waals surface area contributed by atoms with Crippen LogP contribution in [-0.2, 0) is 4.79 Å². The summed E-state index contributed by atoms with van der Waals surface area (Å²) in [5, 5.41) is 3.29. The molecule has 0 aliphatic carbocycles. The Morgan fingerprint density at radius 3 is 1.83 bits per heavy atom. The van der Waals surface area contributed by atoms with Gasteiger partial charge in [-0.1, -0.05) is 138 Å². The van der Waals surface area contributed by atoms with Gasteiger partial charge in [-0.3, -0.25) is 4.79 Å². The van der Waals surface area contributed by atoms with E-state index in [1.807, 2.05) is 110 Å². The van der Waals surface area contributed by atoms with Gasteiger partial charge in [-0.2, -0.15) is 0 Å². The highest BCUT2D eigenvalue weighted by Gasteiger charge is 2.17. The minimum absolute atomic E-state index is 0.0691. The monoisotopic (exact) mass is 568 g/mol. The van der Waals surface area contributed by atoms with Crippen LogP contribution >= 0.6 is 0 Å². The predicted molar refractivity (Wildman–Crippen MR) is 190 cm³/mol. The molecule has 0 saturated heterocycles. The van der Waals surface area contributed by atoms with Gasteiger partial charge in [-0.15, -0.1) is 0 Å². The van der Waals surface area contributed by atoms with Crippen molar-refractivity contribution in [3.05, 3.63) is 90.5 Å². The lowest BCUT2D eigenvalue weighted by Crippen LogP contribution is -2.30. The average molecular weight is 568 g/mol. The van der Waals surface area contributed by atoms with Gasteiger partial charge in [-0.25, -0.2) is 4.99 Å². The molecule has 1 aromatic rings. The van der Waals surface area contributed by atoms with Crippen molar-refractivity contribution in [1.82, 2.24) is 4.90 Å². The van der Waals surface area contributed by atoms with Gasteiger partial charge in [0.05, 0.1) is 5.70 Å². The molecule has 0 atom stereocenters. The summed E-state index contributed by atoms with van der Waals surface area (Å²) in [7, 11) is 1.90. The number of ketones is 1. The van der Waals surface area contributed by atoms with Crippen LogP contribution < -0.4 is 5.32 Å². The molecule has 4 nitrogen and oxygen atoms in total. The fourth-order valence-corrected chi connectivity index (χ4v) is 2.65. The van der Waals surface area contributed by atoms with Crippen LogP contribution in [0.15, 0.2) is 89.9 Å². The topological polar surface area (TPSA) is 44.7 Å². The number of anilines is 1. The predicted octanol–water partition coefficient (Wildman–Crippen LogP) is 11.7. The van der Waals surface area contributed by atoms with Gasteiger partial charge in [0, 0.05) is 36.6 Å². The molecule has 0 saturated carbocycles. The van der Waals surface area contributed by atoms with Crippen LogP contribution in [0.4, 0.5) is 5.69 Å².